The lowest BCUT2D eigenvalue weighted by atomic mass is 10.0. The normalized spacial score (nSPS) is 18.1. The molecule has 1 aromatic heterocycles. The summed E-state index contributed by atoms with van der Waals surface area (Å²) >= 11 is 1.58. The minimum absolute atomic E-state index is 0.118. The first-order valence-electron chi connectivity index (χ1n) is 5.24. The number of carbonyl (C=O) groups is 2. The molecule has 1 aliphatic heterocycles. The fraction of sp³-hybridized carbons (Fsp3) is 0.455. The zero-order valence-electron chi connectivity index (χ0n) is 9.27. The van der Waals surface area contributed by atoms with Crippen molar-refractivity contribution in [2.75, 3.05) is 6.54 Å². The Bertz CT molecular complexity index is 384. The van der Waals surface area contributed by atoms with E-state index in [9.17, 15) is 9.59 Å². The number of hydrogen-bond donors (Lipinski definition) is 1. The van der Waals surface area contributed by atoms with Crippen LogP contribution in [0.1, 0.15) is 24.8 Å². The van der Waals surface area contributed by atoms with Gasteiger partial charge >= 0.3 is 6.03 Å². The Morgan fingerprint density at radius 3 is 2.62 bits per heavy atom. The third-order valence-corrected chi connectivity index (χ3v) is 3.57. The Balaban J connectivity index is 2.33. The highest BCUT2D eigenvalue weighted by atomic mass is 32.1. The Hall–Kier alpha value is -1.36. The summed E-state index contributed by atoms with van der Waals surface area (Å²) in [5, 5.41) is 4.52. The second-order valence-corrected chi connectivity index (χ2v) is 5.11. The minimum atomic E-state index is -0.280. The number of carbonyl (C=O) groups excluding carboxylic acids is 2. The van der Waals surface area contributed by atoms with Crippen LogP contribution in [0, 0.1) is 5.92 Å². The molecule has 16 heavy (non-hydrogen) atoms. The summed E-state index contributed by atoms with van der Waals surface area (Å²) in [5.74, 6) is 0.0727. The molecule has 1 atom stereocenters. The quantitative estimate of drug-likeness (QED) is 0.819. The predicted molar refractivity (Wildman–Crippen MR) is 62.1 cm³/mol. The van der Waals surface area contributed by atoms with Crippen LogP contribution in [0.3, 0.4) is 0 Å². The monoisotopic (exact) mass is 238 g/mol. The molecule has 0 bridgehead atoms. The van der Waals surface area contributed by atoms with E-state index in [0.29, 0.717) is 0 Å². The number of nitrogens with zero attached hydrogens (tertiary/aromatic N) is 1. The van der Waals surface area contributed by atoms with Crippen molar-refractivity contribution >= 4 is 23.3 Å². The molecule has 1 fully saturated rings. The Morgan fingerprint density at radius 2 is 2.19 bits per heavy atom. The molecule has 1 aliphatic rings. The van der Waals surface area contributed by atoms with Gasteiger partial charge in [-0.25, -0.2) is 4.79 Å². The number of nitrogens with one attached hydrogen (secondary N) is 1. The Kier molecular flexibility index (Phi) is 2.96. The molecule has 3 amide bonds. The lowest BCUT2D eigenvalue weighted by molar-refractivity contribution is -0.127. The van der Waals surface area contributed by atoms with Crippen molar-refractivity contribution in [1.29, 1.82) is 0 Å². The second-order valence-electron chi connectivity index (χ2n) is 4.13. The number of imide groups is 1. The molecular formula is C11H14N2O2S. The fourth-order valence-corrected chi connectivity index (χ4v) is 2.92. The summed E-state index contributed by atoms with van der Waals surface area (Å²) in [6, 6.07) is 3.48. The van der Waals surface area contributed by atoms with Gasteiger partial charge in [0.25, 0.3) is 5.91 Å². The van der Waals surface area contributed by atoms with E-state index in [1.807, 2.05) is 31.4 Å². The number of thiophene rings is 1. The molecule has 86 valence electrons. The molecule has 2 heterocycles. The van der Waals surface area contributed by atoms with E-state index < -0.39 is 0 Å². The largest absolute Gasteiger partial charge is 0.329 e. The van der Waals surface area contributed by atoms with Gasteiger partial charge in [-0.3, -0.25) is 9.69 Å². The maximum Gasteiger partial charge on any atom is 0.325 e. The molecule has 1 N–H and O–H groups in total. The van der Waals surface area contributed by atoms with Crippen LogP contribution >= 0.6 is 11.3 Å². The van der Waals surface area contributed by atoms with E-state index in [0.717, 1.165) is 4.88 Å². The van der Waals surface area contributed by atoms with Crippen molar-refractivity contribution in [1.82, 2.24) is 10.2 Å². The lowest BCUT2D eigenvalue weighted by Gasteiger charge is -2.27. The van der Waals surface area contributed by atoms with Gasteiger partial charge in [-0.05, 0) is 17.4 Å². The molecule has 4 nitrogen and oxygen atoms in total. The van der Waals surface area contributed by atoms with Crippen molar-refractivity contribution in [2.24, 2.45) is 5.92 Å². The summed E-state index contributed by atoms with van der Waals surface area (Å²) in [6.07, 6.45) is 0. The van der Waals surface area contributed by atoms with Gasteiger partial charge in [0.1, 0.15) is 0 Å². The molecule has 2 rings (SSSR count). The summed E-state index contributed by atoms with van der Waals surface area (Å²) in [6.45, 7) is 4.15. The highest BCUT2D eigenvalue weighted by Gasteiger charge is 2.37. The summed E-state index contributed by atoms with van der Waals surface area (Å²) in [4.78, 5) is 25.7. The van der Waals surface area contributed by atoms with Gasteiger partial charge in [-0.15, -0.1) is 11.3 Å². The van der Waals surface area contributed by atoms with E-state index in [-0.39, 0.29) is 30.4 Å². The van der Waals surface area contributed by atoms with Gasteiger partial charge in [-0.2, -0.15) is 0 Å². The highest BCUT2D eigenvalue weighted by molar-refractivity contribution is 7.10. The van der Waals surface area contributed by atoms with Gasteiger partial charge in [0.15, 0.2) is 0 Å². The van der Waals surface area contributed by atoms with Crippen LogP contribution < -0.4 is 5.32 Å². The summed E-state index contributed by atoms with van der Waals surface area (Å²) < 4.78 is 0. The van der Waals surface area contributed by atoms with E-state index >= 15 is 0 Å². The Morgan fingerprint density at radius 1 is 1.44 bits per heavy atom. The first-order valence-corrected chi connectivity index (χ1v) is 6.12. The standard InChI is InChI=1S/C11H14N2O2S/c1-7(2)10(8-4-3-5-16-8)13-9(14)6-12-11(13)15/h3-5,7,10H,6H2,1-2H3,(H,12,15). The predicted octanol–water partition coefficient (Wildman–Crippen LogP) is 2.00. The van der Waals surface area contributed by atoms with Crippen LogP contribution in [-0.2, 0) is 4.79 Å². The van der Waals surface area contributed by atoms with Gasteiger partial charge in [-0.1, -0.05) is 19.9 Å². The van der Waals surface area contributed by atoms with E-state index in [2.05, 4.69) is 5.32 Å². The molecule has 1 unspecified atom stereocenters. The minimum Gasteiger partial charge on any atom is -0.329 e. The zero-order chi connectivity index (χ0) is 11.7. The summed E-state index contributed by atoms with van der Waals surface area (Å²) in [7, 11) is 0. The molecule has 1 saturated heterocycles. The molecule has 0 aromatic carbocycles. The fourth-order valence-electron chi connectivity index (χ4n) is 1.93. The van der Waals surface area contributed by atoms with Gasteiger partial charge in [0, 0.05) is 4.88 Å². The van der Waals surface area contributed by atoms with Crippen LogP contribution in [0.2, 0.25) is 0 Å². The first kappa shape index (κ1) is 11.1. The third-order valence-electron chi connectivity index (χ3n) is 2.62. The van der Waals surface area contributed by atoms with Crippen molar-refractivity contribution in [3.05, 3.63) is 22.4 Å². The number of rotatable bonds is 3. The maximum atomic E-state index is 11.7. The van der Waals surface area contributed by atoms with E-state index in [4.69, 9.17) is 0 Å². The van der Waals surface area contributed by atoms with Crippen LogP contribution in [0.15, 0.2) is 17.5 Å². The van der Waals surface area contributed by atoms with Crippen LogP contribution in [0.4, 0.5) is 4.79 Å². The highest BCUT2D eigenvalue weighted by Crippen LogP contribution is 2.32. The first-order chi connectivity index (χ1) is 7.61. The van der Waals surface area contributed by atoms with Gasteiger partial charge in [0.2, 0.25) is 0 Å². The lowest BCUT2D eigenvalue weighted by Crippen LogP contribution is -2.37. The van der Waals surface area contributed by atoms with Crippen LogP contribution in [0.5, 0.6) is 0 Å². The molecule has 0 radical (unpaired) electrons. The van der Waals surface area contributed by atoms with E-state index in [1.54, 1.807) is 11.3 Å². The molecule has 5 heteroatoms. The molecule has 0 saturated carbocycles. The van der Waals surface area contributed by atoms with Crippen LogP contribution in [-0.4, -0.2) is 23.4 Å². The molecule has 0 aliphatic carbocycles. The van der Waals surface area contributed by atoms with Gasteiger partial charge in [0.05, 0.1) is 12.6 Å². The smallest absolute Gasteiger partial charge is 0.325 e. The van der Waals surface area contributed by atoms with E-state index in [1.165, 1.54) is 4.90 Å². The van der Waals surface area contributed by atoms with Crippen molar-refractivity contribution in [3.8, 4) is 0 Å². The molecular weight excluding hydrogens is 224 g/mol. The topological polar surface area (TPSA) is 49.4 Å². The molecule has 0 spiro atoms. The van der Waals surface area contributed by atoms with Gasteiger partial charge < -0.3 is 5.32 Å². The third kappa shape index (κ3) is 1.82. The van der Waals surface area contributed by atoms with Crippen molar-refractivity contribution < 1.29 is 9.59 Å². The number of amides is 3. The Labute approximate surface area is 98.3 Å². The zero-order valence-corrected chi connectivity index (χ0v) is 10.1. The molecule has 1 aromatic rings. The average molecular weight is 238 g/mol. The van der Waals surface area contributed by atoms with Crippen LogP contribution in [0.25, 0.3) is 0 Å². The summed E-state index contributed by atoms with van der Waals surface area (Å²) in [5.41, 5.74) is 0. The van der Waals surface area contributed by atoms with Crippen molar-refractivity contribution in [3.63, 3.8) is 0 Å². The number of hydrogen-bond acceptors (Lipinski definition) is 3. The average Bonchev–Trinajstić information content (AvgIpc) is 2.82. The second kappa shape index (κ2) is 4.25. The SMILES string of the molecule is CC(C)C(c1cccs1)N1C(=O)CNC1=O. The van der Waals surface area contributed by atoms with Crippen molar-refractivity contribution in [2.45, 2.75) is 19.9 Å². The maximum absolute atomic E-state index is 11.7. The number of urea groups is 1.